The van der Waals surface area contributed by atoms with Crippen molar-refractivity contribution in [2.24, 2.45) is 5.84 Å². The van der Waals surface area contributed by atoms with Crippen molar-refractivity contribution in [3.05, 3.63) is 12.3 Å². The zero-order valence-electron chi connectivity index (χ0n) is 9.90. The Bertz CT molecular complexity index is 301. The fourth-order valence-electron chi connectivity index (χ4n) is 1.30. The minimum absolute atomic E-state index is 0.429. The Morgan fingerprint density at radius 2 is 2.19 bits per heavy atom. The third-order valence-corrected chi connectivity index (χ3v) is 2.12. The predicted octanol–water partition coefficient (Wildman–Crippen LogP) is 0.516. The molecule has 0 fully saturated rings. The van der Waals surface area contributed by atoms with E-state index >= 15 is 0 Å². The summed E-state index contributed by atoms with van der Waals surface area (Å²) in [5, 5.41) is 3.23. The van der Waals surface area contributed by atoms with Crippen LogP contribution in [0.2, 0.25) is 0 Å². The van der Waals surface area contributed by atoms with Crippen LogP contribution in [0.1, 0.15) is 12.8 Å². The van der Waals surface area contributed by atoms with Crippen molar-refractivity contribution in [3.63, 3.8) is 0 Å². The molecule has 90 valence electrons. The maximum atomic E-state index is 5.22. The molecule has 0 aliphatic heterocycles. The van der Waals surface area contributed by atoms with Gasteiger partial charge in [-0.05, 0) is 39.5 Å². The van der Waals surface area contributed by atoms with E-state index in [2.05, 4.69) is 39.7 Å². The molecule has 6 nitrogen and oxygen atoms in total. The molecule has 0 unspecified atom stereocenters. The first-order valence-electron chi connectivity index (χ1n) is 5.40. The van der Waals surface area contributed by atoms with Gasteiger partial charge < -0.3 is 10.2 Å². The standard InChI is InChI=1S/C10H20N6/c1-16(2)8-4-3-6-12-9-5-7-13-10(14-9)15-11/h5,7H,3-4,6,8,11H2,1-2H3,(H2,12,13,14,15). The number of unbranched alkanes of at least 4 members (excludes halogenated alkanes) is 1. The highest BCUT2D eigenvalue weighted by atomic mass is 15.3. The van der Waals surface area contributed by atoms with Crippen LogP contribution in [0.25, 0.3) is 0 Å². The average Bonchev–Trinajstić information content (AvgIpc) is 2.28. The van der Waals surface area contributed by atoms with Gasteiger partial charge in [0.2, 0.25) is 5.95 Å². The van der Waals surface area contributed by atoms with Crippen molar-refractivity contribution in [1.29, 1.82) is 0 Å². The van der Waals surface area contributed by atoms with Gasteiger partial charge in [0.05, 0.1) is 0 Å². The zero-order valence-corrected chi connectivity index (χ0v) is 9.90. The van der Waals surface area contributed by atoms with Crippen LogP contribution >= 0.6 is 0 Å². The zero-order chi connectivity index (χ0) is 11.8. The number of hydrogen-bond acceptors (Lipinski definition) is 6. The van der Waals surface area contributed by atoms with Crippen molar-refractivity contribution in [2.45, 2.75) is 12.8 Å². The predicted molar refractivity (Wildman–Crippen MR) is 66.1 cm³/mol. The van der Waals surface area contributed by atoms with Crippen LogP contribution in [-0.4, -0.2) is 42.1 Å². The molecule has 1 rings (SSSR count). The Morgan fingerprint density at radius 3 is 2.88 bits per heavy atom. The molecule has 0 bridgehead atoms. The lowest BCUT2D eigenvalue weighted by Crippen LogP contribution is -2.15. The van der Waals surface area contributed by atoms with Crippen LogP contribution in [0.15, 0.2) is 12.3 Å². The molecule has 0 amide bonds. The van der Waals surface area contributed by atoms with Gasteiger partial charge in [0.25, 0.3) is 0 Å². The molecular weight excluding hydrogens is 204 g/mol. The first kappa shape index (κ1) is 12.7. The molecule has 0 saturated heterocycles. The molecule has 0 spiro atoms. The molecule has 0 saturated carbocycles. The average molecular weight is 224 g/mol. The largest absolute Gasteiger partial charge is 0.370 e. The number of nitrogens with zero attached hydrogens (tertiary/aromatic N) is 3. The second-order valence-electron chi connectivity index (χ2n) is 3.85. The Balaban J connectivity index is 2.21. The van der Waals surface area contributed by atoms with Crippen molar-refractivity contribution >= 4 is 11.8 Å². The van der Waals surface area contributed by atoms with Crippen LogP contribution in [0, 0.1) is 0 Å². The summed E-state index contributed by atoms with van der Waals surface area (Å²) in [5.74, 6) is 6.45. The van der Waals surface area contributed by atoms with Crippen molar-refractivity contribution in [1.82, 2.24) is 14.9 Å². The van der Waals surface area contributed by atoms with Gasteiger partial charge in [-0.3, -0.25) is 5.43 Å². The molecular formula is C10H20N6. The number of hydrazine groups is 1. The molecule has 1 aromatic heterocycles. The Morgan fingerprint density at radius 1 is 1.38 bits per heavy atom. The maximum Gasteiger partial charge on any atom is 0.239 e. The van der Waals surface area contributed by atoms with E-state index in [4.69, 9.17) is 5.84 Å². The number of hydrogen-bond donors (Lipinski definition) is 3. The van der Waals surface area contributed by atoms with Gasteiger partial charge in [-0.1, -0.05) is 0 Å². The minimum atomic E-state index is 0.429. The van der Waals surface area contributed by atoms with E-state index in [-0.39, 0.29) is 0 Å². The van der Waals surface area contributed by atoms with Crippen LogP contribution < -0.4 is 16.6 Å². The van der Waals surface area contributed by atoms with Gasteiger partial charge in [-0.15, -0.1) is 0 Å². The molecule has 1 aromatic rings. The molecule has 4 N–H and O–H groups in total. The van der Waals surface area contributed by atoms with E-state index in [0.29, 0.717) is 5.95 Å². The van der Waals surface area contributed by atoms with Crippen molar-refractivity contribution < 1.29 is 0 Å². The Hall–Kier alpha value is -1.40. The van der Waals surface area contributed by atoms with Gasteiger partial charge in [0.15, 0.2) is 0 Å². The molecule has 0 aliphatic rings. The molecule has 16 heavy (non-hydrogen) atoms. The van der Waals surface area contributed by atoms with Crippen LogP contribution in [-0.2, 0) is 0 Å². The first-order valence-corrected chi connectivity index (χ1v) is 5.40. The SMILES string of the molecule is CN(C)CCCCNc1ccnc(NN)n1. The maximum absolute atomic E-state index is 5.22. The van der Waals surface area contributed by atoms with Crippen LogP contribution in [0.3, 0.4) is 0 Å². The van der Waals surface area contributed by atoms with E-state index < -0.39 is 0 Å². The van der Waals surface area contributed by atoms with E-state index in [1.807, 2.05) is 6.07 Å². The lowest BCUT2D eigenvalue weighted by Gasteiger charge is -2.09. The summed E-state index contributed by atoms with van der Waals surface area (Å²) in [6.07, 6.45) is 3.96. The summed E-state index contributed by atoms with van der Waals surface area (Å²) in [4.78, 5) is 10.3. The fraction of sp³-hybridized carbons (Fsp3) is 0.600. The Labute approximate surface area is 96.2 Å². The number of rotatable bonds is 7. The summed E-state index contributed by atoms with van der Waals surface area (Å²) < 4.78 is 0. The third-order valence-electron chi connectivity index (χ3n) is 2.12. The van der Waals surface area contributed by atoms with Gasteiger partial charge in [0, 0.05) is 12.7 Å². The quantitative estimate of drug-likeness (QED) is 0.356. The van der Waals surface area contributed by atoms with Gasteiger partial charge in [-0.2, -0.15) is 4.98 Å². The minimum Gasteiger partial charge on any atom is -0.370 e. The summed E-state index contributed by atoms with van der Waals surface area (Å²) in [6.45, 7) is 2.02. The summed E-state index contributed by atoms with van der Waals surface area (Å²) in [6, 6.07) is 1.83. The monoisotopic (exact) mass is 224 g/mol. The molecule has 1 heterocycles. The molecule has 0 radical (unpaired) electrons. The van der Waals surface area contributed by atoms with E-state index in [9.17, 15) is 0 Å². The molecule has 0 atom stereocenters. The van der Waals surface area contributed by atoms with E-state index in [0.717, 1.165) is 25.3 Å². The summed E-state index contributed by atoms with van der Waals surface area (Å²) in [5.41, 5.74) is 2.41. The van der Waals surface area contributed by atoms with Crippen molar-refractivity contribution in [3.8, 4) is 0 Å². The molecule has 0 aromatic carbocycles. The Kier molecular flexibility index (Phi) is 5.52. The van der Waals surface area contributed by atoms with Gasteiger partial charge >= 0.3 is 0 Å². The fourth-order valence-corrected chi connectivity index (χ4v) is 1.30. The number of nitrogens with two attached hydrogens (primary N) is 1. The number of nitrogens with one attached hydrogen (secondary N) is 2. The highest BCUT2D eigenvalue weighted by Gasteiger charge is 1.96. The number of anilines is 2. The van der Waals surface area contributed by atoms with Crippen LogP contribution in [0.4, 0.5) is 11.8 Å². The smallest absolute Gasteiger partial charge is 0.239 e. The second kappa shape index (κ2) is 6.97. The lowest BCUT2D eigenvalue weighted by atomic mass is 10.3. The lowest BCUT2D eigenvalue weighted by molar-refractivity contribution is 0.396. The summed E-state index contributed by atoms with van der Waals surface area (Å²) >= 11 is 0. The van der Waals surface area contributed by atoms with Crippen LogP contribution in [0.5, 0.6) is 0 Å². The highest BCUT2D eigenvalue weighted by Crippen LogP contribution is 2.04. The third kappa shape index (κ3) is 4.90. The topological polar surface area (TPSA) is 79.1 Å². The van der Waals surface area contributed by atoms with E-state index in [1.54, 1.807) is 6.20 Å². The molecule has 0 aliphatic carbocycles. The van der Waals surface area contributed by atoms with Crippen molar-refractivity contribution in [2.75, 3.05) is 37.9 Å². The van der Waals surface area contributed by atoms with Gasteiger partial charge in [0.1, 0.15) is 5.82 Å². The summed E-state index contributed by atoms with van der Waals surface area (Å²) in [7, 11) is 4.16. The second-order valence-corrected chi connectivity index (χ2v) is 3.85. The highest BCUT2D eigenvalue weighted by molar-refractivity contribution is 5.38. The molecule has 6 heteroatoms. The first-order chi connectivity index (χ1) is 7.72. The number of aromatic nitrogens is 2. The number of nitrogen functional groups attached to an aromatic ring is 1. The normalized spacial score (nSPS) is 10.5. The van der Waals surface area contributed by atoms with Gasteiger partial charge in [-0.25, -0.2) is 10.8 Å². The van der Waals surface area contributed by atoms with E-state index in [1.165, 1.54) is 6.42 Å².